The van der Waals surface area contributed by atoms with E-state index in [4.69, 9.17) is 5.26 Å². The van der Waals surface area contributed by atoms with Crippen molar-refractivity contribution in [1.82, 2.24) is 0 Å². The highest BCUT2D eigenvalue weighted by atomic mass is 79.9. The van der Waals surface area contributed by atoms with Crippen molar-refractivity contribution in [3.63, 3.8) is 0 Å². The Balaban J connectivity index is 2.07. The van der Waals surface area contributed by atoms with Crippen LogP contribution in [-0.4, -0.2) is 6.04 Å². The third-order valence-electron chi connectivity index (χ3n) is 3.80. The fraction of sp³-hybridized carbons (Fsp3) is 0.533. The lowest BCUT2D eigenvalue weighted by molar-refractivity contribution is 0.232. The molecule has 96 valence electrons. The van der Waals surface area contributed by atoms with Gasteiger partial charge in [-0.05, 0) is 49.3 Å². The van der Waals surface area contributed by atoms with Crippen LogP contribution in [0.2, 0.25) is 0 Å². The Morgan fingerprint density at radius 1 is 1.33 bits per heavy atom. The highest BCUT2D eigenvalue weighted by molar-refractivity contribution is 9.10. The number of benzene rings is 1. The van der Waals surface area contributed by atoms with Crippen LogP contribution in [0.3, 0.4) is 0 Å². The summed E-state index contributed by atoms with van der Waals surface area (Å²) in [4.78, 5) is 0. The molecule has 0 radical (unpaired) electrons. The molecule has 0 bridgehead atoms. The second-order valence-corrected chi connectivity index (χ2v) is 6.80. The number of nitrogens with one attached hydrogen (secondary N) is 1. The Labute approximate surface area is 118 Å². The predicted octanol–water partition coefficient (Wildman–Crippen LogP) is 4.70. The molecule has 1 saturated carbocycles. The summed E-state index contributed by atoms with van der Waals surface area (Å²) in [7, 11) is 0. The summed E-state index contributed by atoms with van der Waals surface area (Å²) in [6.45, 7) is 4.67. The van der Waals surface area contributed by atoms with Gasteiger partial charge in [0.1, 0.15) is 6.07 Å². The van der Waals surface area contributed by atoms with Crippen LogP contribution < -0.4 is 5.32 Å². The van der Waals surface area contributed by atoms with Gasteiger partial charge in [0.25, 0.3) is 0 Å². The van der Waals surface area contributed by atoms with Crippen molar-refractivity contribution in [2.75, 3.05) is 5.32 Å². The van der Waals surface area contributed by atoms with Crippen LogP contribution in [0.25, 0.3) is 0 Å². The molecular weight excluding hydrogens is 288 g/mol. The van der Waals surface area contributed by atoms with E-state index in [2.05, 4.69) is 41.2 Å². The molecule has 1 aliphatic rings. The Hall–Kier alpha value is -1.01. The molecule has 0 amide bonds. The number of hydrogen-bond acceptors (Lipinski definition) is 2. The van der Waals surface area contributed by atoms with Gasteiger partial charge in [-0.15, -0.1) is 0 Å². The summed E-state index contributed by atoms with van der Waals surface area (Å²) < 4.78 is 1.01. The van der Waals surface area contributed by atoms with E-state index in [0.717, 1.165) is 15.7 Å². The first-order valence-electron chi connectivity index (χ1n) is 6.46. The molecule has 0 saturated heterocycles. The van der Waals surface area contributed by atoms with Crippen molar-refractivity contribution in [2.24, 2.45) is 5.41 Å². The lowest BCUT2D eigenvalue weighted by Crippen LogP contribution is -2.30. The Bertz CT molecular complexity index is 464. The van der Waals surface area contributed by atoms with Gasteiger partial charge in [-0.2, -0.15) is 5.26 Å². The van der Waals surface area contributed by atoms with E-state index in [1.165, 1.54) is 25.7 Å². The maximum absolute atomic E-state index is 9.12. The maximum Gasteiger partial charge on any atom is 0.101 e. The Morgan fingerprint density at radius 3 is 2.61 bits per heavy atom. The minimum Gasteiger partial charge on any atom is -0.381 e. The zero-order chi connectivity index (χ0) is 13.2. The van der Waals surface area contributed by atoms with Gasteiger partial charge in [0.05, 0.1) is 11.3 Å². The van der Waals surface area contributed by atoms with E-state index in [-0.39, 0.29) is 0 Å². The third-order valence-corrected chi connectivity index (χ3v) is 4.29. The van der Waals surface area contributed by atoms with Crippen LogP contribution in [0.5, 0.6) is 0 Å². The zero-order valence-electron chi connectivity index (χ0n) is 11.0. The molecule has 18 heavy (non-hydrogen) atoms. The normalized spacial score (nSPS) is 19.2. The van der Waals surface area contributed by atoms with E-state index in [0.29, 0.717) is 11.5 Å². The van der Waals surface area contributed by atoms with Crippen LogP contribution in [0.15, 0.2) is 22.7 Å². The fourth-order valence-electron chi connectivity index (χ4n) is 2.50. The monoisotopic (exact) mass is 306 g/mol. The molecule has 1 N–H and O–H groups in total. The smallest absolute Gasteiger partial charge is 0.101 e. The van der Waals surface area contributed by atoms with Gasteiger partial charge in [-0.25, -0.2) is 0 Å². The lowest BCUT2D eigenvalue weighted by atomic mass is 9.75. The standard InChI is InChI=1S/C15H19BrN2/c1-15(2)7-5-13(6-8-15)18-14-9-12(16)4-3-11(14)10-17/h3-4,9,13,18H,5-8H2,1-2H3. The Kier molecular flexibility index (Phi) is 3.97. The van der Waals surface area contributed by atoms with Crippen LogP contribution in [0.1, 0.15) is 45.1 Å². The topological polar surface area (TPSA) is 35.8 Å². The minimum atomic E-state index is 0.480. The van der Waals surface area contributed by atoms with Crippen molar-refractivity contribution in [3.8, 4) is 6.07 Å². The van der Waals surface area contributed by atoms with Crippen molar-refractivity contribution in [2.45, 2.75) is 45.6 Å². The van der Waals surface area contributed by atoms with Gasteiger partial charge in [0.15, 0.2) is 0 Å². The number of anilines is 1. The summed E-state index contributed by atoms with van der Waals surface area (Å²) in [5.41, 5.74) is 2.16. The molecule has 1 aliphatic carbocycles. The average molecular weight is 307 g/mol. The molecule has 3 heteroatoms. The molecule has 1 fully saturated rings. The quantitative estimate of drug-likeness (QED) is 0.859. The highest BCUT2D eigenvalue weighted by Gasteiger charge is 2.26. The number of rotatable bonds is 2. The number of hydrogen-bond donors (Lipinski definition) is 1. The zero-order valence-corrected chi connectivity index (χ0v) is 12.5. The van der Waals surface area contributed by atoms with E-state index in [9.17, 15) is 0 Å². The molecule has 1 aromatic rings. The van der Waals surface area contributed by atoms with E-state index in [1.54, 1.807) is 0 Å². The first-order valence-corrected chi connectivity index (χ1v) is 7.26. The van der Waals surface area contributed by atoms with Crippen LogP contribution >= 0.6 is 15.9 Å². The minimum absolute atomic E-state index is 0.480. The molecule has 0 unspecified atom stereocenters. The molecular formula is C15H19BrN2. The number of halogens is 1. The van der Waals surface area contributed by atoms with Gasteiger partial charge < -0.3 is 5.32 Å². The summed E-state index contributed by atoms with van der Waals surface area (Å²) in [6.07, 6.45) is 4.87. The molecule has 0 aliphatic heterocycles. The number of nitrogens with zero attached hydrogens (tertiary/aromatic N) is 1. The summed E-state index contributed by atoms with van der Waals surface area (Å²) in [5.74, 6) is 0. The van der Waals surface area contributed by atoms with Gasteiger partial charge in [-0.3, -0.25) is 0 Å². The van der Waals surface area contributed by atoms with E-state index in [1.807, 2.05) is 18.2 Å². The van der Waals surface area contributed by atoms with Crippen LogP contribution in [0, 0.1) is 16.7 Å². The second kappa shape index (κ2) is 5.32. The summed E-state index contributed by atoms with van der Waals surface area (Å²) >= 11 is 3.46. The van der Waals surface area contributed by atoms with Crippen LogP contribution in [-0.2, 0) is 0 Å². The van der Waals surface area contributed by atoms with Gasteiger partial charge in [0, 0.05) is 10.5 Å². The average Bonchev–Trinajstić information content (AvgIpc) is 2.32. The molecule has 0 atom stereocenters. The van der Waals surface area contributed by atoms with Crippen molar-refractivity contribution in [1.29, 1.82) is 5.26 Å². The van der Waals surface area contributed by atoms with E-state index < -0.39 is 0 Å². The van der Waals surface area contributed by atoms with Crippen LogP contribution in [0.4, 0.5) is 5.69 Å². The molecule has 0 spiro atoms. The lowest BCUT2D eigenvalue weighted by Gasteiger charge is -2.35. The number of nitriles is 1. The van der Waals surface area contributed by atoms with Gasteiger partial charge in [0.2, 0.25) is 0 Å². The van der Waals surface area contributed by atoms with Crippen molar-refractivity contribution in [3.05, 3.63) is 28.2 Å². The first kappa shape index (κ1) is 13.4. The SMILES string of the molecule is CC1(C)CCC(Nc2cc(Br)ccc2C#N)CC1. The molecule has 1 aromatic carbocycles. The predicted molar refractivity (Wildman–Crippen MR) is 78.5 cm³/mol. The summed E-state index contributed by atoms with van der Waals surface area (Å²) in [5, 5.41) is 12.6. The third kappa shape index (κ3) is 3.26. The highest BCUT2D eigenvalue weighted by Crippen LogP contribution is 2.36. The van der Waals surface area contributed by atoms with Gasteiger partial charge in [-0.1, -0.05) is 29.8 Å². The largest absolute Gasteiger partial charge is 0.381 e. The molecule has 2 rings (SSSR count). The summed E-state index contributed by atoms with van der Waals surface area (Å²) in [6, 6.07) is 8.51. The molecule has 2 nitrogen and oxygen atoms in total. The second-order valence-electron chi connectivity index (χ2n) is 5.88. The maximum atomic E-state index is 9.12. The Morgan fingerprint density at radius 2 is 2.00 bits per heavy atom. The fourth-order valence-corrected chi connectivity index (χ4v) is 2.86. The van der Waals surface area contributed by atoms with Crippen molar-refractivity contribution >= 4 is 21.6 Å². The molecule has 0 aromatic heterocycles. The van der Waals surface area contributed by atoms with E-state index >= 15 is 0 Å². The molecule has 0 heterocycles. The van der Waals surface area contributed by atoms with Crippen molar-refractivity contribution < 1.29 is 0 Å². The van der Waals surface area contributed by atoms with Gasteiger partial charge >= 0.3 is 0 Å². The first-order chi connectivity index (χ1) is 8.50.